The van der Waals surface area contributed by atoms with Gasteiger partial charge in [0, 0.05) is 13.8 Å². The van der Waals surface area contributed by atoms with Crippen LogP contribution in [0.3, 0.4) is 0 Å². The van der Waals surface area contributed by atoms with Crippen molar-refractivity contribution < 1.29 is 23.9 Å². The maximum Gasteiger partial charge on any atom is 0.305 e. The number of carbonyl (C=O) groups excluding carboxylic acids is 3. The molecule has 5 heteroatoms. The molecule has 0 aliphatic rings. The predicted octanol–water partition coefficient (Wildman–Crippen LogP) is 0.194. The van der Waals surface area contributed by atoms with Gasteiger partial charge in [0.2, 0.25) is 0 Å². The standard InChI is InChI=1S/C8H10O5/c1-6(10)12-8(4-3-5-9)13-7(2)11/h3-5,8H,1-2H3/b4-3+. The molecule has 0 aliphatic heterocycles. The first-order chi connectivity index (χ1) is 6.06. The summed E-state index contributed by atoms with van der Waals surface area (Å²) in [6, 6.07) is 0. The molecule has 0 amide bonds. The molecule has 0 spiro atoms. The van der Waals surface area contributed by atoms with Crippen LogP contribution in [0.4, 0.5) is 0 Å². The predicted molar refractivity (Wildman–Crippen MR) is 42.5 cm³/mol. The number of allylic oxidation sites excluding steroid dienone is 1. The van der Waals surface area contributed by atoms with Crippen LogP contribution in [0.1, 0.15) is 13.8 Å². The van der Waals surface area contributed by atoms with E-state index in [4.69, 9.17) is 0 Å². The van der Waals surface area contributed by atoms with Crippen LogP contribution in [-0.2, 0) is 23.9 Å². The summed E-state index contributed by atoms with van der Waals surface area (Å²) in [5.74, 6) is -1.19. The second kappa shape index (κ2) is 5.93. The molecule has 0 aliphatic carbocycles. The van der Waals surface area contributed by atoms with Crippen LogP contribution in [0, 0.1) is 0 Å². The maximum atomic E-state index is 10.5. The number of ether oxygens (including phenoxy) is 2. The molecule has 5 nitrogen and oxygen atoms in total. The van der Waals surface area contributed by atoms with Crippen LogP contribution in [0.15, 0.2) is 12.2 Å². The number of carbonyl (C=O) groups is 3. The number of hydrogen-bond donors (Lipinski definition) is 0. The smallest absolute Gasteiger partial charge is 0.305 e. The largest absolute Gasteiger partial charge is 0.421 e. The van der Waals surface area contributed by atoms with Gasteiger partial charge in [-0.1, -0.05) is 0 Å². The molecule has 0 heterocycles. The van der Waals surface area contributed by atoms with Gasteiger partial charge in [-0.15, -0.1) is 0 Å². The summed E-state index contributed by atoms with van der Waals surface area (Å²) in [6.07, 6.45) is 1.60. The molecule has 13 heavy (non-hydrogen) atoms. The van der Waals surface area contributed by atoms with Crippen LogP contribution >= 0.6 is 0 Å². The lowest BCUT2D eigenvalue weighted by molar-refractivity contribution is -0.176. The van der Waals surface area contributed by atoms with Gasteiger partial charge < -0.3 is 9.47 Å². The highest BCUT2D eigenvalue weighted by Gasteiger charge is 2.10. The normalized spacial score (nSPS) is 10.1. The van der Waals surface area contributed by atoms with E-state index < -0.39 is 18.2 Å². The van der Waals surface area contributed by atoms with Crippen LogP contribution in [-0.4, -0.2) is 24.5 Å². The zero-order valence-electron chi connectivity index (χ0n) is 7.35. The summed E-state index contributed by atoms with van der Waals surface area (Å²) in [5.41, 5.74) is 0. The van der Waals surface area contributed by atoms with E-state index in [9.17, 15) is 14.4 Å². The first-order valence-electron chi connectivity index (χ1n) is 3.52. The SMILES string of the molecule is CC(=O)OC(/C=C/C=O)OC(C)=O. The van der Waals surface area contributed by atoms with Crippen molar-refractivity contribution in [1.82, 2.24) is 0 Å². The van der Waals surface area contributed by atoms with E-state index in [1.54, 1.807) is 0 Å². The van der Waals surface area contributed by atoms with Crippen molar-refractivity contribution in [3.8, 4) is 0 Å². The third kappa shape index (κ3) is 6.74. The molecule has 0 unspecified atom stereocenters. The lowest BCUT2D eigenvalue weighted by atomic mass is 10.5. The van der Waals surface area contributed by atoms with E-state index in [0.29, 0.717) is 6.29 Å². The Hall–Kier alpha value is -1.65. The highest BCUT2D eigenvalue weighted by Crippen LogP contribution is 1.98. The van der Waals surface area contributed by atoms with Gasteiger partial charge in [0.25, 0.3) is 6.29 Å². The molecule has 0 radical (unpaired) electrons. The summed E-state index contributed by atoms with van der Waals surface area (Å²) >= 11 is 0. The van der Waals surface area contributed by atoms with Crippen molar-refractivity contribution in [2.45, 2.75) is 20.1 Å². The van der Waals surface area contributed by atoms with Gasteiger partial charge in [-0.2, -0.15) is 0 Å². The number of aldehydes is 1. The zero-order chi connectivity index (χ0) is 10.3. The Kier molecular flexibility index (Phi) is 5.18. The maximum absolute atomic E-state index is 10.5. The highest BCUT2D eigenvalue weighted by atomic mass is 16.7. The Labute approximate surface area is 75.3 Å². The topological polar surface area (TPSA) is 69.7 Å². The molecule has 0 aromatic carbocycles. The third-order valence-electron chi connectivity index (χ3n) is 0.911. The van der Waals surface area contributed by atoms with Gasteiger partial charge in [-0.05, 0) is 12.2 Å². The Morgan fingerprint density at radius 3 is 1.92 bits per heavy atom. The summed E-state index contributed by atoms with van der Waals surface area (Å²) < 4.78 is 9.07. The van der Waals surface area contributed by atoms with Crippen molar-refractivity contribution in [2.75, 3.05) is 0 Å². The highest BCUT2D eigenvalue weighted by molar-refractivity contribution is 5.69. The minimum Gasteiger partial charge on any atom is -0.421 e. The van der Waals surface area contributed by atoms with E-state index in [1.165, 1.54) is 13.8 Å². The lowest BCUT2D eigenvalue weighted by Gasteiger charge is -2.11. The monoisotopic (exact) mass is 186 g/mol. The third-order valence-corrected chi connectivity index (χ3v) is 0.911. The Balaban J connectivity index is 4.17. The minimum atomic E-state index is -1.12. The average Bonchev–Trinajstić information content (AvgIpc) is 1.98. The van der Waals surface area contributed by atoms with Crippen molar-refractivity contribution >= 4 is 18.2 Å². The second-order valence-electron chi connectivity index (χ2n) is 2.11. The number of esters is 2. The molecule has 0 fully saturated rings. The summed E-state index contributed by atoms with van der Waals surface area (Å²) in [4.78, 5) is 30.8. The van der Waals surface area contributed by atoms with Crippen molar-refractivity contribution in [1.29, 1.82) is 0 Å². The molecular weight excluding hydrogens is 176 g/mol. The minimum absolute atomic E-state index is 0.486. The fraction of sp³-hybridized carbons (Fsp3) is 0.375. The molecule has 0 saturated carbocycles. The molecule has 72 valence electrons. The Bertz CT molecular complexity index is 215. The van der Waals surface area contributed by atoms with Crippen molar-refractivity contribution in [3.05, 3.63) is 12.2 Å². The molecule has 0 N–H and O–H groups in total. The Morgan fingerprint density at radius 1 is 1.15 bits per heavy atom. The summed E-state index contributed by atoms with van der Waals surface area (Å²) in [7, 11) is 0. The van der Waals surface area contributed by atoms with Gasteiger partial charge in [0.15, 0.2) is 0 Å². The number of rotatable bonds is 4. The molecule has 0 saturated heterocycles. The van der Waals surface area contributed by atoms with Gasteiger partial charge in [0.1, 0.15) is 6.29 Å². The Morgan fingerprint density at radius 2 is 1.62 bits per heavy atom. The van der Waals surface area contributed by atoms with Crippen molar-refractivity contribution in [2.24, 2.45) is 0 Å². The quantitative estimate of drug-likeness (QED) is 0.271. The van der Waals surface area contributed by atoms with Gasteiger partial charge >= 0.3 is 11.9 Å². The van der Waals surface area contributed by atoms with Crippen LogP contribution in [0.25, 0.3) is 0 Å². The van der Waals surface area contributed by atoms with Gasteiger partial charge in [-0.25, -0.2) is 0 Å². The second-order valence-corrected chi connectivity index (χ2v) is 2.11. The van der Waals surface area contributed by atoms with Gasteiger partial charge in [-0.3, -0.25) is 14.4 Å². The first-order valence-corrected chi connectivity index (χ1v) is 3.52. The zero-order valence-corrected chi connectivity index (χ0v) is 7.35. The first kappa shape index (κ1) is 11.4. The molecular formula is C8H10O5. The summed E-state index contributed by atoms with van der Waals surface area (Å²) in [5, 5.41) is 0. The van der Waals surface area contributed by atoms with Crippen LogP contribution < -0.4 is 0 Å². The van der Waals surface area contributed by atoms with E-state index >= 15 is 0 Å². The van der Waals surface area contributed by atoms with E-state index in [-0.39, 0.29) is 0 Å². The summed E-state index contributed by atoms with van der Waals surface area (Å²) in [6.45, 7) is 2.34. The van der Waals surface area contributed by atoms with E-state index in [0.717, 1.165) is 12.2 Å². The fourth-order valence-corrected chi connectivity index (χ4v) is 0.566. The fourth-order valence-electron chi connectivity index (χ4n) is 0.566. The molecule has 0 rings (SSSR count). The van der Waals surface area contributed by atoms with Crippen LogP contribution in [0.5, 0.6) is 0 Å². The molecule has 0 atom stereocenters. The molecule has 0 bridgehead atoms. The van der Waals surface area contributed by atoms with E-state index in [2.05, 4.69) is 9.47 Å². The molecule has 0 aromatic heterocycles. The lowest BCUT2D eigenvalue weighted by Crippen LogP contribution is -2.20. The van der Waals surface area contributed by atoms with Crippen molar-refractivity contribution in [3.63, 3.8) is 0 Å². The molecule has 0 aromatic rings. The number of hydrogen-bond acceptors (Lipinski definition) is 5. The van der Waals surface area contributed by atoms with Gasteiger partial charge in [0.05, 0.1) is 0 Å². The van der Waals surface area contributed by atoms with E-state index in [1.807, 2.05) is 0 Å². The average molecular weight is 186 g/mol. The van der Waals surface area contributed by atoms with Crippen LogP contribution in [0.2, 0.25) is 0 Å².